The fourth-order valence-corrected chi connectivity index (χ4v) is 4.06. The van der Waals surface area contributed by atoms with E-state index < -0.39 is 18.0 Å². The van der Waals surface area contributed by atoms with Gasteiger partial charge in [-0.1, -0.05) is 54.1 Å². The first-order valence-corrected chi connectivity index (χ1v) is 10.3. The van der Waals surface area contributed by atoms with Gasteiger partial charge in [0.15, 0.2) is 6.10 Å². The molecule has 4 rings (SSSR count). The first-order valence-electron chi connectivity index (χ1n) is 10.3. The molecule has 1 amide bonds. The molecule has 1 N–H and O–H groups in total. The highest BCUT2D eigenvalue weighted by Gasteiger charge is 2.35. The monoisotopic (exact) mass is 415 g/mol. The second-order valence-electron chi connectivity index (χ2n) is 7.95. The van der Waals surface area contributed by atoms with Crippen molar-refractivity contribution in [2.24, 2.45) is 0 Å². The van der Waals surface area contributed by atoms with E-state index in [1.165, 1.54) is 0 Å². The molecule has 0 fully saturated rings. The minimum atomic E-state index is -0.949. The molecule has 5 heteroatoms. The second-order valence-corrected chi connectivity index (χ2v) is 7.95. The molecule has 0 aromatic heterocycles. The molecule has 0 unspecified atom stereocenters. The van der Waals surface area contributed by atoms with Crippen molar-refractivity contribution >= 4 is 17.6 Å². The number of hydrogen-bond acceptors (Lipinski definition) is 4. The molecule has 0 radical (unpaired) electrons. The van der Waals surface area contributed by atoms with E-state index in [4.69, 9.17) is 9.47 Å². The molecule has 158 valence electrons. The SMILES string of the molecule is Cc1cc(C)c(NC(=O)[C@H](C)OC(=O)C2c3ccccc3Oc3ccccc32)c(C)c1. The lowest BCUT2D eigenvalue weighted by atomic mass is 9.88. The smallest absolute Gasteiger partial charge is 0.318 e. The van der Waals surface area contributed by atoms with E-state index in [0.717, 1.165) is 33.5 Å². The second kappa shape index (κ2) is 8.26. The maximum absolute atomic E-state index is 13.2. The largest absolute Gasteiger partial charge is 0.457 e. The van der Waals surface area contributed by atoms with Crippen molar-refractivity contribution in [3.63, 3.8) is 0 Å². The lowest BCUT2D eigenvalue weighted by Gasteiger charge is -2.27. The van der Waals surface area contributed by atoms with Gasteiger partial charge in [0, 0.05) is 16.8 Å². The number of para-hydroxylation sites is 2. The maximum Gasteiger partial charge on any atom is 0.318 e. The van der Waals surface area contributed by atoms with Crippen LogP contribution in [0.1, 0.15) is 40.7 Å². The van der Waals surface area contributed by atoms with E-state index in [-0.39, 0.29) is 5.91 Å². The van der Waals surface area contributed by atoms with Gasteiger partial charge in [-0.3, -0.25) is 9.59 Å². The number of carbonyl (C=O) groups is 2. The minimum Gasteiger partial charge on any atom is -0.457 e. The molecule has 1 aliphatic heterocycles. The van der Waals surface area contributed by atoms with E-state index in [0.29, 0.717) is 11.5 Å². The highest BCUT2D eigenvalue weighted by Crippen LogP contribution is 2.44. The number of esters is 1. The molecule has 0 saturated carbocycles. The molecule has 0 bridgehead atoms. The molecule has 1 heterocycles. The third kappa shape index (κ3) is 4.04. The predicted octanol–water partition coefficient (Wildman–Crippen LogP) is 5.42. The standard InChI is InChI=1S/C26H25NO4/c1-15-13-16(2)24(17(3)14-15)27-25(28)18(4)30-26(29)23-19-9-5-7-11-21(19)31-22-12-8-6-10-20(22)23/h5-14,18,23H,1-4H3,(H,27,28)/t18-/m0/s1. The Morgan fingerprint density at radius 1 is 0.903 bits per heavy atom. The molecule has 0 aliphatic carbocycles. The number of anilines is 1. The fourth-order valence-electron chi connectivity index (χ4n) is 4.06. The van der Waals surface area contributed by atoms with E-state index >= 15 is 0 Å². The van der Waals surface area contributed by atoms with Crippen LogP contribution >= 0.6 is 0 Å². The Bertz CT molecular complexity index is 1100. The van der Waals surface area contributed by atoms with Gasteiger partial charge in [-0.2, -0.15) is 0 Å². The Balaban J connectivity index is 1.55. The highest BCUT2D eigenvalue weighted by atomic mass is 16.5. The first kappa shape index (κ1) is 20.7. The van der Waals surface area contributed by atoms with E-state index in [1.807, 2.05) is 81.4 Å². The molecule has 0 saturated heterocycles. The Morgan fingerprint density at radius 2 is 1.42 bits per heavy atom. The predicted molar refractivity (Wildman–Crippen MR) is 120 cm³/mol. The Morgan fingerprint density at radius 3 is 1.97 bits per heavy atom. The molecule has 31 heavy (non-hydrogen) atoms. The number of carbonyl (C=O) groups excluding carboxylic acids is 2. The number of aryl methyl sites for hydroxylation is 3. The third-order valence-electron chi connectivity index (χ3n) is 5.50. The van der Waals surface area contributed by atoms with Crippen LogP contribution in [0, 0.1) is 20.8 Å². The molecular weight excluding hydrogens is 390 g/mol. The summed E-state index contributed by atoms with van der Waals surface area (Å²) in [5, 5.41) is 2.91. The first-order chi connectivity index (χ1) is 14.8. The van der Waals surface area contributed by atoms with Gasteiger partial charge in [-0.15, -0.1) is 0 Å². The van der Waals surface area contributed by atoms with Crippen molar-refractivity contribution in [1.29, 1.82) is 0 Å². The highest BCUT2D eigenvalue weighted by molar-refractivity contribution is 5.97. The van der Waals surface area contributed by atoms with Gasteiger partial charge in [-0.25, -0.2) is 0 Å². The van der Waals surface area contributed by atoms with E-state index in [2.05, 4.69) is 5.32 Å². The van der Waals surface area contributed by atoms with Crippen LogP contribution < -0.4 is 10.1 Å². The number of amides is 1. The summed E-state index contributed by atoms with van der Waals surface area (Å²) < 4.78 is 11.6. The summed E-state index contributed by atoms with van der Waals surface area (Å²) in [7, 11) is 0. The van der Waals surface area contributed by atoms with Crippen LogP contribution in [0.3, 0.4) is 0 Å². The van der Waals surface area contributed by atoms with Gasteiger partial charge in [-0.05, 0) is 51.0 Å². The van der Waals surface area contributed by atoms with Crippen molar-refractivity contribution in [2.75, 3.05) is 5.32 Å². The zero-order valence-electron chi connectivity index (χ0n) is 18.1. The van der Waals surface area contributed by atoms with Crippen LogP contribution in [0.2, 0.25) is 0 Å². The molecule has 3 aromatic rings. The number of hydrogen-bond donors (Lipinski definition) is 1. The summed E-state index contributed by atoms with van der Waals surface area (Å²) in [5.41, 5.74) is 5.27. The minimum absolute atomic E-state index is 0.364. The van der Waals surface area contributed by atoms with Crippen molar-refractivity contribution in [2.45, 2.75) is 39.7 Å². The molecular formula is C26H25NO4. The summed E-state index contributed by atoms with van der Waals surface area (Å²) in [5.74, 6) is -0.267. The molecule has 0 spiro atoms. The van der Waals surface area contributed by atoms with Crippen molar-refractivity contribution in [3.05, 3.63) is 88.5 Å². The third-order valence-corrected chi connectivity index (χ3v) is 5.50. The van der Waals surface area contributed by atoms with Gasteiger partial charge in [0.1, 0.15) is 17.4 Å². The average Bonchev–Trinajstić information content (AvgIpc) is 2.74. The molecule has 1 aliphatic rings. The van der Waals surface area contributed by atoms with Crippen LogP contribution in [0.5, 0.6) is 11.5 Å². The number of fused-ring (bicyclic) bond motifs is 2. The van der Waals surface area contributed by atoms with Crippen LogP contribution in [0.15, 0.2) is 60.7 Å². The number of nitrogens with one attached hydrogen (secondary N) is 1. The van der Waals surface area contributed by atoms with Gasteiger partial charge in [0.05, 0.1) is 0 Å². The summed E-state index contributed by atoms with van der Waals surface area (Å²) in [6, 6.07) is 18.8. The molecule has 5 nitrogen and oxygen atoms in total. The number of ether oxygens (including phenoxy) is 2. The summed E-state index contributed by atoms with van der Waals surface area (Å²) >= 11 is 0. The van der Waals surface area contributed by atoms with Gasteiger partial charge >= 0.3 is 5.97 Å². The van der Waals surface area contributed by atoms with Crippen LogP contribution in [-0.2, 0) is 14.3 Å². The van der Waals surface area contributed by atoms with E-state index in [9.17, 15) is 9.59 Å². The average molecular weight is 415 g/mol. The lowest BCUT2D eigenvalue weighted by molar-refractivity contribution is -0.153. The fraction of sp³-hybridized carbons (Fsp3) is 0.231. The summed E-state index contributed by atoms with van der Waals surface area (Å²) in [6.07, 6.45) is -0.949. The zero-order chi connectivity index (χ0) is 22.1. The zero-order valence-corrected chi connectivity index (χ0v) is 18.1. The quantitative estimate of drug-likeness (QED) is 0.578. The topological polar surface area (TPSA) is 64.6 Å². The van der Waals surface area contributed by atoms with Gasteiger partial charge < -0.3 is 14.8 Å². The molecule has 3 aromatic carbocycles. The van der Waals surface area contributed by atoms with Gasteiger partial charge in [0.2, 0.25) is 0 Å². The van der Waals surface area contributed by atoms with Crippen LogP contribution in [-0.4, -0.2) is 18.0 Å². The van der Waals surface area contributed by atoms with E-state index in [1.54, 1.807) is 6.92 Å². The summed E-state index contributed by atoms with van der Waals surface area (Å²) in [4.78, 5) is 26.0. The Kier molecular flexibility index (Phi) is 5.51. The Hall–Kier alpha value is -3.60. The molecule has 1 atom stereocenters. The van der Waals surface area contributed by atoms with Crippen molar-refractivity contribution < 1.29 is 19.1 Å². The van der Waals surface area contributed by atoms with Gasteiger partial charge in [0.25, 0.3) is 5.91 Å². The maximum atomic E-state index is 13.2. The lowest BCUT2D eigenvalue weighted by Crippen LogP contribution is -2.33. The van der Waals surface area contributed by atoms with Crippen molar-refractivity contribution in [3.8, 4) is 11.5 Å². The van der Waals surface area contributed by atoms with Crippen LogP contribution in [0.4, 0.5) is 5.69 Å². The van der Waals surface area contributed by atoms with Crippen molar-refractivity contribution in [1.82, 2.24) is 0 Å². The number of benzene rings is 3. The normalized spacial score (nSPS) is 13.4. The summed E-state index contributed by atoms with van der Waals surface area (Å²) in [6.45, 7) is 7.49. The van der Waals surface area contributed by atoms with Crippen LogP contribution in [0.25, 0.3) is 0 Å². The Labute approximate surface area is 182 Å². The number of rotatable bonds is 4.